The van der Waals surface area contributed by atoms with Crippen molar-refractivity contribution in [1.29, 1.82) is 0 Å². The summed E-state index contributed by atoms with van der Waals surface area (Å²) in [6.45, 7) is 7.87. The fourth-order valence-corrected chi connectivity index (χ4v) is 3.86. The van der Waals surface area contributed by atoms with E-state index in [-0.39, 0.29) is 30.0 Å². The number of benzene rings is 1. The number of halogens is 1. The third-order valence-electron chi connectivity index (χ3n) is 4.68. The molecule has 1 aliphatic heterocycles. The summed E-state index contributed by atoms with van der Waals surface area (Å²) in [5, 5.41) is 12.8. The maximum Gasteiger partial charge on any atom is 0.321 e. The van der Waals surface area contributed by atoms with Gasteiger partial charge in [0.1, 0.15) is 0 Å². The lowest BCUT2D eigenvalue weighted by Gasteiger charge is -2.16. The zero-order chi connectivity index (χ0) is 20.5. The fraction of sp³-hybridized carbons (Fsp3) is 0.476. The minimum absolute atomic E-state index is 0. The van der Waals surface area contributed by atoms with Gasteiger partial charge in [0, 0.05) is 43.7 Å². The van der Waals surface area contributed by atoms with Crippen molar-refractivity contribution in [1.82, 2.24) is 20.5 Å². The first-order valence-corrected chi connectivity index (χ1v) is 11.1. The second-order valence-electron chi connectivity index (χ2n) is 7.05. The number of urea groups is 1. The number of anilines is 1. The highest BCUT2D eigenvalue weighted by Gasteiger charge is 2.17. The Bertz CT molecular complexity index is 834. The van der Waals surface area contributed by atoms with E-state index < -0.39 is 0 Å². The highest BCUT2D eigenvalue weighted by molar-refractivity contribution is 14.0. The number of aliphatic imine (C=N–C) groups is 1. The number of nitrogens with one attached hydrogen (secondary N) is 3. The molecule has 30 heavy (non-hydrogen) atoms. The molecule has 0 saturated carbocycles. The normalized spacial score (nSPS) is 13.7. The smallest absolute Gasteiger partial charge is 0.321 e. The van der Waals surface area contributed by atoms with Gasteiger partial charge < -0.3 is 20.9 Å². The molecule has 1 fully saturated rings. The van der Waals surface area contributed by atoms with E-state index in [1.807, 2.05) is 36.1 Å². The Hall–Kier alpha value is -1.88. The molecule has 9 heteroatoms. The van der Waals surface area contributed by atoms with E-state index in [4.69, 9.17) is 0 Å². The van der Waals surface area contributed by atoms with Crippen molar-refractivity contribution >= 4 is 53.0 Å². The van der Waals surface area contributed by atoms with Crippen LogP contribution in [-0.2, 0) is 13.0 Å². The topological polar surface area (TPSA) is 81.7 Å². The van der Waals surface area contributed by atoms with Crippen LogP contribution in [0.1, 0.15) is 36.0 Å². The molecule has 0 aliphatic carbocycles. The van der Waals surface area contributed by atoms with Crippen LogP contribution < -0.4 is 16.0 Å². The third-order valence-corrected chi connectivity index (χ3v) is 5.50. The highest BCUT2D eigenvalue weighted by Crippen LogP contribution is 2.14. The first kappa shape index (κ1) is 24.4. The first-order valence-electron chi connectivity index (χ1n) is 10.2. The number of amides is 2. The Labute approximate surface area is 199 Å². The van der Waals surface area contributed by atoms with Gasteiger partial charge in [-0.25, -0.2) is 14.8 Å². The summed E-state index contributed by atoms with van der Waals surface area (Å²) in [6.07, 6.45) is 3.04. The van der Waals surface area contributed by atoms with Crippen molar-refractivity contribution in [2.45, 2.75) is 39.7 Å². The largest absolute Gasteiger partial charge is 0.357 e. The van der Waals surface area contributed by atoms with E-state index in [9.17, 15) is 4.79 Å². The standard InChI is InChI=1S/C21H30N6OS.HI/c1-3-22-20(23-10-9-19-15-29-16(2)25-19)24-14-17-7-6-8-18(13-17)26-21(28)27-11-4-5-12-27;/h6-8,13,15H,3-5,9-12,14H2,1-2H3,(H,26,28)(H2,22,23,24);1H. The molecule has 1 saturated heterocycles. The van der Waals surface area contributed by atoms with E-state index in [1.54, 1.807) is 11.3 Å². The predicted molar refractivity (Wildman–Crippen MR) is 135 cm³/mol. The molecule has 0 unspecified atom stereocenters. The zero-order valence-corrected chi connectivity index (χ0v) is 20.8. The van der Waals surface area contributed by atoms with Crippen molar-refractivity contribution in [2.24, 2.45) is 4.99 Å². The number of hydrogen-bond acceptors (Lipinski definition) is 4. The van der Waals surface area contributed by atoms with Gasteiger partial charge in [0.15, 0.2) is 5.96 Å². The maximum absolute atomic E-state index is 12.3. The van der Waals surface area contributed by atoms with E-state index in [0.29, 0.717) is 6.54 Å². The second kappa shape index (κ2) is 12.7. The van der Waals surface area contributed by atoms with E-state index >= 15 is 0 Å². The van der Waals surface area contributed by atoms with Gasteiger partial charge in [-0.15, -0.1) is 35.3 Å². The molecular weight excluding hydrogens is 511 g/mol. The molecule has 0 bridgehead atoms. The molecule has 0 spiro atoms. The Morgan fingerprint density at radius 3 is 2.77 bits per heavy atom. The summed E-state index contributed by atoms with van der Waals surface area (Å²) in [4.78, 5) is 23.3. The molecule has 1 aliphatic rings. The van der Waals surface area contributed by atoms with Crippen molar-refractivity contribution in [3.63, 3.8) is 0 Å². The number of rotatable bonds is 7. The molecule has 2 aromatic rings. The minimum atomic E-state index is -0.0181. The molecule has 3 rings (SSSR count). The Morgan fingerprint density at radius 1 is 1.27 bits per heavy atom. The van der Waals surface area contributed by atoms with Crippen LogP contribution in [0.5, 0.6) is 0 Å². The van der Waals surface area contributed by atoms with Gasteiger partial charge in [0.2, 0.25) is 0 Å². The lowest BCUT2D eigenvalue weighted by Crippen LogP contribution is -2.38. The first-order chi connectivity index (χ1) is 14.1. The molecule has 0 atom stereocenters. The van der Waals surface area contributed by atoms with Gasteiger partial charge in [-0.2, -0.15) is 0 Å². The van der Waals surface area contributed by atoms with Gasteiger partial charge in [-0.05, 0) is 44.4 Å². The molecular formula is C21H31IN6OS. The van der Waals surface area contributed by atoms with Crippen molar-refractivity contribution in [2.75, 3.05) is 31.5 Å². The quantitative estimate of drug-likeness (QED) is 0.281. The SMILES string of the molecule is CCNC(=NCc1cccc(NC(=O)N2CCCC2)c1)NCCc1csc(C)n1.I. The average molecular weight is 542 g/mol. The number of thiazole rings is 1. The summed E-state index contributed by atoms with van der Waals surface area (Å²) in [5.74, 6) is 0.783. The van der Waals surface area contributed by atoms with Gasteiger partial charge in [-0.1, -0.05) is 12.1 Å². The van der Waals surface area contributed by atoms with Gasteiger partial charge in [0.25, 0.3) is 0 Å². The summed E-state index contributed by atoms with van der Waals surface area (Å²) < 4.78 is 0. The van der Waals surface area contributed by atoms with Crippen LogP contribution in [0.3, 0.4) is 0 Å². The molecule has 2 heterocycles. The molecule has 3 N–H and O–H groups in total. The second-order valence-corrected chi connectivity index (χ2v) is 8.12. The number of aryl methyl sites for hydroxylation is 1. The highest BCUT2D eigenvalue weighted by atomic mass is 127. The van der Waals surface area contributed by atoms with E-state index in [2.05, 4.69) is 38.2 Å². The molecule has 164 valence electrons. The number of carbonyl (C=O) groups is 1. The van der Waals surface area contributed by atoms with Crippen LogP contribution in [0.4, 0.5) is 10.5 Å². The average Bonchev–Trinajstić information content (AvgIpc) is 3.38. The predicted octanol–water partition coefficient (Wildman–Crippen LogP) is 4.00. The fourth-order valence-electron chi connectivity index (χ4n) is 3.21. The van der Waals surface area contributed by atoms with Crippen molar-refractivity contribution in [3.8, 4) is 0 Å². The van der Waals surface area contributed by atoms with Gasteiger partial charge >= 0.3 is 6.03 Å². The van der Waals surface area contributed by atoms with Crippen molar-refractivity contribution in [3.05, 3.63) is 45.9 Å². The van der Waals surface area contributed by atoms with Crippen LogP contribution in [0.15, 0.2) is 34.6 Å². The minimum Gasteiger partial charge on any atom is -0.357 e. The Morgan fingerprint density at radius 2 is 2.07 bits per heavy atom. The lowest BCUT2D eigenvalue weighted by molar-refractivity contribution is 0.222. The molecule has 2 amide bonds. The van der Waals surface area contributed by atoms with Gasteiger partial charge in [0.05, 0.1) is 17.2 Å². The van der Waals surface area contributed by atoms with E-state index in [1.165, 1.54) is 0 Å². The molecule has 1 aromatic heterocycles. The summed E-state index contributed by atoms with van der Waals surface area (Å²) in [6, 6.07) is 7.86. The van der Waals surface area contributed by atoms with Crippen LogP contribution >= 0.6 is 35.3 Å². The lowest BCUT2D eigenvalue weighted by atomic mass is 10.2. The Balaban J connectivity index is 0.00000320. The van der Waals surface area contributed by atoms with E-state index in [0.717, 1.165) is 73.4 Å². The number of likely N-dealkylation sites (tertiary alicyclic amines) is 1. The van der Waals surface area contributed by atoms with Crippen molar-refractivity contribution < 1.29 is 4.79 Å². The van der Waals surface area contributed by atoms with Crippen LogP contribution in [-0.4, -0.2) is 48.1 Å². The molecule has 0 radical (unpaired) electrons. The number of hydrogen-bond donors (Lipinski definition) is 3. The molecule has 1 aromatic carbocycles. The van der Waals surface area contributed by atoms with Crippen LogP contribution in [0.2, 0.25) is 0 Å². The monoisotopic (exact) mass is 542 g/mol. The van der Waals surface area contributed by atoms with Crippen LogP contribution in [0, 0.1) is 6.92 Å². The maximum atomic E-state index is 12.3. The summed E-state index contributed by atoms with van der Waals surface area (Å²) in [5.41, 5.74) is 2.97. The summed E-state index contributed by atoms with van der Waals surface area (Å²) >= 11 is 1.68. The number of carbonyl (C=O) groups excluding carboxylic acids is 1. The number of guanidine groups is 1. The van der Waals surface area contributed by atoms with Gasteiger partial charge in [-0.3, -0.25) is 0 Å². The zero-order valence-electron chi connectivity index (χ0n) is 17.6. The Kier molecular flexibility index (Phi) is 10.4. The summed E-state index contributed by atoms with van der Waals surface area (Å²) in [7, 11) is 0. The van der Waals surface area contributed by atoms with Crippen LogP contribution in [0.25, 0.3) is 0 Å². The number of nitrogens with zero attached hydrogens (tertiary/aromatic N) is 3. The molecule has 7 nitrogen and oxygen atoms in total. The third kappa shape index (κ3) is 7.75. The number of aromatic nitrogens is 1.